The molecule has 182 valence electrons. The first-order valence-electron chi connectivity index (χ1n) is 12.2. The summed E-state index contributed by atoms with van der Waals surface area (Å²) in [7, 11) is -1.62. The third-order valence-electron chi connectivity index (χ3n) is 8.56. The van der Waals surface area contributed by atoms with Crippen LogP contribution in [0.4, 0.5) is 0 Å². The van der Waals surface area contributed by atoms with E-state index in [9.17, 15) is 19.2 Å². The minimum atomic E-state index is -1.62. The Kier molecular flexibility index (Phi) is 5.92. The maximum atomic E-state index is 12.7. The first-order valence-corrected chi connectivity index (χ1v) is 14.3. The van der Waals surface area contributed by atoms with Crippen LogP contribution in [0.15, 0.2) is 24.3 Å². The molecule has 2 saturated carbocycles. The van der Waals surface area contributed by atoms with Crippen molar-refractivity contribution in [2.75, 3.05) is 26.3 Å². The lowest BCUT2D eigenvalue weighted by Crippen LogP contribution is -2.34. The minimum absolute atomic E-state index is 0.0461. The van der Waals surface area contributed by atoms with Gasteiger partial charge in [0.2, 0.25) is 23.6 Å². The number of carbonyl (C=O) groups is 4. The number of imide groups is 2. The number of fused-ring (bicyclic) bond motifs is 10. The Bertz CT molecular complexity index is 851. The van der Waals surface area contributed by atoms with Crippen LogP contribution in [0.5, 0.6) is 0 Å². The van der Waals surface area contributed by atoms with Crippen LogP contribution in [-0.2, 0) is 28.2 Å². The zero-order chi connectivity index (χ0) is 23.6. The first-order chi connectivity index (χ1) is 16.5. The average molecular weight is 507 g/mol. The molecule has 0 aromatic carbocycles. The van der Waals surface area contributed by atoms with E-state index in [4.69, 9.17) is 20.3 Å². The fourth-order valence-corrected chi connectivity index (χ4v) is 8.16. The fraction of sp³-hybridized carbons (Fsp3) is 0.667. The van der Waals surface area contributed by atoms with Gasteiger partial charge in [-0.1, -0.05) is 24.3 Å². The highest BCUT2D eigenvalue weighted by atomic mass is 35.7. The van der Waals surface area contributed by atoms with E-state index in [-0.39, 0.29) is 84.2 Å². The molecule has 10 heteroatoms. The van der Waals surface area contributed by atoms with Gasteiger partial charge >= 0.3 is 0 Å². The quantitative estimate of drug-likeness (QED) is 0.196. The van der Waals surface area contributed by atoms with Gasteiger partial charge in [-0.05, 0) is 60.6 Å². The van der Waals surface area contributed by atoms with Crippen molar-refractivity contribution >= 4 is 42.6 Å². The van der Waals surface area contributed by atoms with Crippen molar-refractivity contribution in [1.29, 1.82) is 0 Å². The van der Waals surface area contributed by atoms with Crippen LogP contribution in [0.3, 0.4) is 0 Å². The molecule has 4 bridgehead atoms. The van der Waals surface area contributed by atoms with E-state index >= 15 is 0 Å². The van der Waals surface area contributed by atoms with Gasteiger partial charge in [0.15, 0.2) is 0 Å². The molecule has 6 rings (SSSR count). The standard InChI is InChI=1S/C24H28ClN2O6P/c25-34(32-9-1-7-26-21(28)17-13-3-4-14(11-13)18(17)22(26)29)33-10-2-8-27-23(30)19-15-5-6-16(12-15)20(19)24(27)31/h3-6,13-20H,1-2,7-12H2. The predicted molar refractivity (Wildman–Crippen MR) is 123 cm³/mol. The van der Waals surface area contributed by atoms with Crippen LogP contribution in [0, 0.1) is 47.3 Å². The Labute approximate surface area is 204 Å². The molecule has 6 aliphatic rings. The lowest BCUT2D eigenvalue weighted by atomic mass is 9.85. The summed E-state index contributed by atoms with van der Waals surface area (Å²) in [5, 5.41) is 0. The molecule has 4 aliphatic carbocycles. The van der Waals surface area contributed by atoms with Gasteiger partial charge in [0.05, 0.1) is 36.9 Å². The smallest absolute Gasteiger partial charge is 0.276 e. The zero-order valence-electron chi connectivity index (χ0n) is 18.8. The van der Waals surface area contributed by atoms with Gasteiger partial charge in [0.25, 0.3) is 7.73 Å². The van der Waals surface area contributed by atoms with E-state index in [0.29, 0.717) is 25.9 Å². The molecule has 0 aromatic rings. The number of hydrogen-bond acceptors (Lipinski definition) is 6. The summed E-state index contributed by atoms with van der Waals surface area (Å²) in [6, 6.07) is 0. The molecule has 0 N–H and O–H groups in total. The second kappa shape index (κ2) is 8.81. The fourth-order valence-electron chi connectivity index (χ4n) is 7.12. The molecule has 2 saturated heterocycles. The summed E-state index contributed by atoms with van der Waals surface area (Å²) in [5.74, 6) is 0.00656. The zero-order valence-corrected chi connectivity index (χ0v) is 20.4. The molecule has 8 unspecified atom stereocenters. The van der Waals surface area contributed by atoms with E-state index in [0.717, 1.165) is 12.8 Å². The van der Waals surface area contributed by atoms with Gasteiger partial charge in [-0.2, -0.15) is 0 Å². The van der Waals surface area contributed by atoms with Crippen LogP contribution in [0.2, 0.25) is 0 Å². The lowest BCUT2D eigenvalue weighted by molar-refractivity contribution is -0.142. The molecule has 4 amide bonds. The summed E-state index contributed by atoms with van der Waals surface area (Å²) in [6.45, 7) is 1.24. The normalized spacial score (nSPS) is 39.8. The number of hydrogen-bond donors (Lipinski definition) is 0. The number of halogens is 1. The van der Waals surface area contributed by atoms with Crippen LogP contribution >= 0.6 is 19.0 Å². The lowest BCUT2D eigenvalue weighted by Gasteiger charge is -2.18. The number of carbonyl (C=O) groups excluding carboxylic acids is 4. The maximum absolute atomic E-state index is 12.7. The SMILES string of the molecule is O=C1C2C3C=CC(C3)C2C(=O)N1CCCOP(Cl)OCCCN1C(=O)C2C3C=CC(C3)C2C1=O. The summed E-state index contributed by atoms with van der Waals surface area (Å²) >= 11 is 6.14. The molecule has 0 aromatic heterocycles. The number of nitrogens with zero attached hydrogens (tertiary/aromatic N) is 2. The number of likely N-dealkylation sites (tertiary alicyclic amines) is 2. The molecule has 0 spiro atoms. The largest absolute Gasteiger partial charge is 0.322 e. The second-order valence-corrected chi connectivity index (χ2v) is 12.0. The molecular weight excluding hydrogens is 479 g/mol. The predicted octanol–water partition coefficient (Wildman–Crippen LogP) is 2.88. The van der Waals surface area contributed by atoms with Crippen molar-refractivity contribution in [2.45, 2.75) is 25.7 Å². The Hall–Kier alpha value is -1.60. The third kappa shape index (κ3) is 3.52. The Morgan fingerprint density at radius 3 is 1.32 bits per heavy atom. The van der Waals surface area contributed by atoms with Crippen LogP contribution in [-0.4, -0.2) is 59.7 Å². The highest BCUT2D eigenvalue weighted by Crippen LogP contribution is 2.53. The second-order valence-electron chi connectivity index (χ2n) is 10.2. The van der Waals surface area contributed by atoms with Crippen molar-refractivity contribution in [2.24, 2.45) is 47.3 Å². The van der Waals surface area contributed by atoms with Gasteiger partial charge in [-0.15, -0.1) is 0 Å². The Morgan fingerprint density at radius 2 is 1.00 bits per heavy atom. The van der Waals surface area contributed by atoms with Crippen LogP contribution in [0.25, 0.3) is 0 Å². The minimum Gasteiger partial charge on any atom is -0.322 e. The van der Waals surface area contributed by atoms with Crippen molar-refractivity contribution < 1.29 is 28.2 Å². The Morgan fingerprint density at radius 1 is 0.676 bits per heavy atom. The summed E-state index contributed by atoms with van der Waals surface area (Å²) in [5.41, 5.74) is 0. The number of allylic oxidation sites excluding steroid dienone is 4. The van der Waals surface area contributed by atoms with Gasteiger partial charge in [-0.3, -0.25) is 29.0 Å². The average Bonchev–Trinajstić information content (AvgIpc) is 3.65. The first kappa shape index (κ1) is 22.8. The molecule has 8 atom stereocenters. The van der Waals surface area contributed by atoms with E-state index in [1.165, 1.54) is 9.80 Å². The summed E-state index contributed by atoms with van der Waals surface area (Å²) < 4.78 is 11.0. The number of rotatable bonds is 10. The number of amides is 4. The topological polar surface area (TPSA) is 93.2 Å². The van der Waals surface area contributed by atoms with E-state index < -0.39 is 7.73 Å². The van der Waals surface area contributed by atoms with Gasteiger partial charge in [-0.25, -0.2) is 0 Å². The molecule has 4 fully saturated rings. The molecule has 0 radical (unpaired) electrons. The highest BCUT2D eigenvalue weighted by molar-refractivity contribution is 7.76. The molecule has 8 nitrogen and oxygen atoms in total. The summed E-state index contributed by atoms with van der Waals surface area (Å²) in [6.07, 6.45) is 11.2. The maximum Gasteiger partial charge on any atom is 0.276 e. The van der Waals surface area contributed by atoms with E-state index in [1.54, 1.807) is 0 Å². The van der Waals surface area contributed by atoms with E-state index in [1.807, 2.05) is 0 Å². The summed E-state index contributed by atoms with van der Waals surface area (Å²) in [4.78, 5) is 53.5. The highest BCUT2D eigenvalue weighted by Gasteiger charge is 2.60. The molecule has 2 heterocycles. The van der Waals surface area contributed by atoms with E-state index in [2.05, 4.69) is 24.3 Å². The van der Waals surface area contributed by atoms with Crippen LogP contribution in [0.1, 0.15) is 25.7 Å². The Balaban J connectivity index is 0.878. The van der Waals surface area contributed by atoms with Crippen molar-refractivity contribution in [1.82, 2.24) is 9.80 Å². The molecular formula is C24H28ClN2O6P. The monoisotopic (exact) mass is 506 g/mol. The van der Waals surface area contributed by atoms with Crippen molar-refractivity contribution in [3.05, 3.63) is 24.3 Å². The molecule has 34 heavy (non-hydrogen) atoms. The van der Waals surface area contributed by atoms with Gasteiger partial charge in [0, 0.05) is 13.1 Å². The van der Waals surface area contributed by atoms with Crippen molar-refractivity contribution in [3.8, 4) is 0 Å². The van der Waals surface area contributed by atoms with Crippen LogP contribution < -0.4 is 0 Å². The third-order valence-corrected chi connectivity index (χ3v) is 9.92. The van der Waals surface area contributed by atoms with Gasteiger partial charge < -0.3 is 9.05 Å². The van der Waals surface area contributed by atoms with Gasteiger partial charge in [0.1, 0.15) is 0 Å². The van der Waals surface area contributed by atoms with Crippen molar-refractivity contribution in [3.63, 3.8) is 0 Å². The molecule has 2 aliphatic heterocycles.